The first-order chi connectivity index (χ1) is 7.97. The normalized spacial score (nSPS) is 10.4. The number of nitrogens with two attached hydrogens (primary N) is 1. The predicted octanol–water partition coefficient (Wildman–Crippen LogP) is 0.489. The second kappa shape index (κ2) is 8.98. The molecule has 0 aromatic heterocycles. The Morgan fingerprint density at radius 2 is 1.88 bits per heavy atom. The molecular formula is C12H25N3O2. The number of likely N-dealkylation sites (N-methyl/N-ethyl adjacent to an activating group) is 1. The van der Waals surface area contributed by atoms with Gasteiger partial charge < -0.3 is 16.0 Å². The summed E-state index contributed by atoms with van der Waals surface area (Å²) in [6, 6.07) is 0.107. The Hall–Kier alpha value is -1.10. The van der Waals surface area contributed by atoms with Crippen LogP contribution < -0.4 is 11.1 Å². The van der Waals surface area contributed by atoms with Crippen LogP contribution in [0.3, 0.4) is 0 Å². The molecule has 0 bridgehead atoms. The van der Waals surface area contributed by atoms with E-state index in [4.69, 9.17) is 5.73 Å². The lowest BCUT2D eigenvalue weighted by Gasteiger charge is -2.17. The zero-order valence-electron chi connectivity index (χ0n) is 11.2. The van der Waals surface area contributed by atoms with Gasteiger partial charge in [-0.25, -0.2) is 0 Å². The molecule has 0 fully saturated rings. The fraction of sp³-hybridized carbons (Fsp3) is 0.833. The number of amides is 2. The molecule has 2 amide bonds. The summed E-state index contributed by atoms with van der Waals surface area (Å²) in [6.45, 7) is 4.59. The Morgan fingerprint density at radius 3 is 2.41 bits per heavy atom. The molecule has 100 valence electrons. The minimum atomic E-state index is -0.113. The molecule has 0 aliphatic rings. The van der Waals surface area contributed by atoms with E-state index in [1.54, 1.807) is 7.05 Å². The van der Waals surface area contributed by atoms with Crippen molar-refractivity contribution < 1.29 is 9.59 Å². The van der Waals surface area contributed by atoms with Gasteiger partial charge in [0.25, 0.3) is 0 Å². The standard InChI is InChI=1S/C12H25N3O2/c1-10(2)14-11(16)9-15(3)12(17)7-5-4-6-8-13/h10H,4-9,13H2,1-3H3,(H,14,16). The molecule has 0 aromatic carbocycles. The SMILES string of the molecule is CC(C)NC(=O)CN(C)C(=O)CCCCCN. The molecule has 3 N–H and O–H groups in total. The minimum absolute atomic E-state index is 0.0147. The second-order valence-corrected chi connectivity index (χ2v) is 4.57. The summed E-state index contributed by atoms with van der Waals surface area (Å²) < 4.78 is 0. The second-order valence-electron chi connectivity index (χ2n) is 4.57. The van der Waals surface area contributed by atoms with Crippen LogP contribution in [0.5, 0.6) is 0 Å². The third kappa shape index (κ3) is 8.68. The fourth-order valence-electron chi connectivity index (χ4n) is 1.46. The minimum Gasteiger partial charge on any atom is -0.352 e. The van der Waals surface area contributed by atoms with E-state index in [1.807, 2.05) is 13.8 Å². The van der Waals surface area contributed by atoms with Crippen molar-refractivity contribution in [2.45, 2.75) is 45.6 Å². The zero-order chi connectivity index (χ0) is 13.3. The summed E-state index contributed by atoms with van der Waals surface area (Å²) in [5, 5.41) is 2.76. The molecule has 0 aromatic rings. The summed E-state index contributed by atoms with van der Waals surface area (Å²) in [7, 11) is 1.66. The summed E-state index contributed by atoms with van der Waals surface area (Å²) in [5.74, 6) is -0.0984. The Bertz CT molecular complexity index is 242. The zero-order valence-corrected chi connectivity index (χ0v) is 11.2. The van der Waals surface area contributed by atoms with Crippen molar-refractivity contribution in [3.63, 3.8) is 0 Å². The maximum Gasteiger partial charge on any atom is 0.239 e. The average Bonchev–Trinajstić information content (AvgIpc) is 2.22. The lowest BCUT2D eigenvalue weighted by atomic mass is 10.2. The van der Waals surface area contributed by atoms with Crippen LogP contribution in [-0.2, 0) is 9.59 Å². The van der Waals surface area contributed by atoms with Gasteiger partial charge >= 0.3 is 0 Å². The van der Waals surface area contributed by atoms with Crippen molar-refractivity contribution in [2.75, 3.05) is 20.1 Å². The van der Waals surface area contributed by atoms with Gasteiger partial charge in [-0.1, -0.05) is 6.42 Å². The van der Waals surface area contributed by atoms with Crippen molar-refractivity contribution in [1.29, 1.82) is 0 Å². The summed E-state index contributed by atoms with van der Waals surface area (Å²) >= 11 is 0. The smallest absolute Gasteiger partial charge is 0.239 e. The number of hydrogen-bond acceptors (Lipinski definition) is 3. The highest BCUT2D eigenvalue weighted by Crippen LogP contribution is 2.01. The Labute approximate surface area is 104 Å². The van der Waals surface area contributed by atoms with Gasteiger partial charge in [-0.15, -0.1) is 0 Å². The highest BCUT2D eigenvalue weighted by molar-refractivity contribution is 5.84. The van der Waals surface area contributed by atoms with Crippen LogP contribution in [0.4, 0.5) is 0 Å². The molecule has 17 heavy (non-hydrogen) atoms. The van der Waals surface area contributed by atoms with Gasteiger partial charge in [0.15, 0.2) is 0 Å². The molecule has 5 heteroatoms. The fourth-order valence-corrected chi connectivity index (χ4v) is 1.46. The van der Waals surface area contributed by atoms with Crippen LogP contribution in [0.2, 0.25) is 0 Å². The average molecular weight is 243 g/mol. The monoisotopic (exact) mass is 243 g/mol. The predicted molar refractivity (Wildman–Crippen MR) is 68.4 cm³/mol. The molecule has 0 saturated heterocycles. The first kappa shape index (κ1) is 15.9. The number of carbonyl (C=O) groups is 2. The van der Waals surface area contributed by atoms with Gasteiger partial charge in [-0.2, -0.15) is 0 Å². The maximum absolute atomic E-state index is 11.6. The number of nitrogens with zero attached hydrogens (tertiary/aromatic N) is 1. The summed E-state index contributed by atoms with van der Waals surface area (Å²) in [4.78, 5) is 24.5. The summed E-state index contributed by atoms with van der Waals surface area (Å²) in [5.41, 5.74) is 5.37. The van der Waals surface area contributed by atoms with Crippen LogP contribution in [-0.4, -0.2) is 42.9 Å². The number of carbonyl (C=O) groups excluding carboxylic acids is 2. The first-order valence-corrected chi connectivity index (χ1v) is 6.20. The van der Waals surface area contributed by atoms with E-state index in [0.717, 1.165) is 19.3 Å². The Morgan fingerprint density at radius 1 is 1.24 bits per heavy atom. The summed E-state index contributed by atoms with van der Waals surface area (Å²) in [6.07, 6.45) is 3.25. The van der Waals surface area contributed by atoms with Gasteiger partial charge in [-0.3, -0.25) is 9.59 Å². The largest absolute Gasteiger partial charge is 0.352 e. The van der Waals surface area contributed by atoms with Crippen molar-refractivity contribution in [2.24, 2.45) is 5.73 Å². The number of unbranched alkanes of at least 4 members (excludes halogenated alkanes) is 2. The first-order valence-electron chi connectivity index (χ1n) is 6.20. The molecule has 0 saturated carbocycles. The van der Waals surface area contributed by atoms with Gasteiger partial charge in [0, 0.05) is 19.5 Å². The molecule has 0 aliphatic carbocycles. The van der Waals surface area contributed by atoms with Gasteiger partial charge in [0.05, 0.1) is 6.54 Å². The topological polar surface area (TPSA) is 75.4 Å². The highest BCUT2D eigenvalue weighted by Gasteiger charge is 2.12. The Balaban J connectivity index is 3.77. The third-order valence-corrected chi connectivity index (χ3v) is 2.35. The van der Waals surface area contributed by atoms with E-state index in [0.29, 0.717) is 13.0 Å². The van der Waals surface area contributed by atoms with E-state index in [9.17, 15) is 9.59 Å². The van der Waals surface area contributed by atoms with E-state index in [2.05, 4.69) is 5.32 Å². The molecule has 5 nitrogen and oxygen atoms in total. The van der Waals surface area contributed by atoms with E-state index < -0.39 is 0 Å². The lowest BCUT2D eigenvalue weighted by Crippen LogP contribution is -2.40. The molecule has 0 heterocycles. The van der Waals surface area contributed by atoms with Crippen molar-refractivity contribution >= 4 is 11.8 Å². The Kier molecular flexibility index (Phi) is 8.40. The van der Waals surface area contributed by atoms with Crippen LogP contribution in [0, 0.1) is 0 Å². The van der Waals surface area contributed by atoms with Crippen LogP contribution >= 0.6 is 0 Å². The third-order valence-electron chi connectivity index (χ3n) is 2.35. The van der Waals surface area contributed by atoms with Crippen molar-refractivity contribution in [1.82, 2.24) is 10.2 Å². The van der Waals surface area contributed by atoms with E-state index in [-0.39, 0.29) is 24.4 Å². The van der Waals surface area contributed by atoms with Gasteiger partial charge in [-0.05, 0) is 33.2 Å². The van der Waals surface area contributed by atoms with Crippen LogP contribution in [0.25, 0.3) is 0 Å². The number of nitrogens with one attached hydrogen (secondary N) is 1. The maximum atomic E-state index is 11.6. The molecule has 0 spiro atoms. The van der Waals surface area contributed by atoms with Crippen molar-refractivity contribution in [3.8, 4) is 0 Å². The lowest BCUT2D eigenvalue weighted by molar-refractivity contribution is -0.135. The van der Waals surface area contributed by atoms with Crippen molar-refractivity contribution in [3.05, 3.63) is 0 Å². The molecule has 0 unspecified atom stereocenters. The van der Waals surface area contributed by atoms with Gasteiger partial charge in [0.1, 0.15) is 0 Å². The van der Waals surface area contributed by atoms with E-state index in [1.165, 1.54) is 4.90 Å². The highest BCUT2D eigenvalue weighted by atomic mass is 16.2. The van der Waals surface area contributed by atoms with Crippen LogP contribution in [0.1, 0.15) is 39.5 Å². The molecular weight excluding hydrogens is 218 g/mol. The molecule has 0 rings (SSSR count). The van der Waals surface area contributed by atoms with Crippen LogP contribution in [0.15, 0.2) is 0 Å². The number of rotatable bonds is 8. The number of hydrogen-bond donors (Lipinski definition) is 2. The quantitative estimate of drug-likeness (QED) is 0.609. The van der Waals surface area contributed by atoms with Gasteiger partial charge in [0.2, 0.25) is 11.8 Å². The van der Waals surface area contributed by atoms with E-state index >= 15 is 0 Å². The molecule has 0 atom stereocenters. The molecule has 0 radical (unpaired) electrons. The molecule has 0 aliphatic heterocycles.